The topological polar surface area (TPSA) is 32.3 Å². The van der Waals surface area contributed by atoms with Crippen molar-refractivity contribution in [3.8, 4) is 0 Å². The molecule has 1 atom stereocenters. The molecule has 1 aromatic carbocycles. The first-order chi connectivity index (χ1) is 7.41. The van der Waals surface area contributed by atoms with Crippen molar-refractivity contribution in [1.82, 2.24) is 10.4 Å². The lowest BCUT2D eigenvalue weighted by Crippen LogP contribution is -2.38. The lowest BCUT2D eigenvalue weighted by atomic mass is 9.98. The van der Waals surface area contributed by atoms with Gasteiger partial charge in [-0.3, -0.25) is 10.2 Å². The molecule has 0 spiro atoms. The highest BCUT2D eigenvalue weighted by Gasteiger charge is 2.16. The second kappa shape index (κ2) is 5.07. The molecule has 16 heavy (non-hydrogen) atoms. The number of hydrazine groups is 1. The van der Waals surface area contributed by atoms with Crippen molar-refractivity contribution >= 4 is 5.91 Å². The minimum Gasteiger partial charge on any atom is -0.289 e. The summed E-state index contributed by atoms with van der Waals surface area (Å²) in [5.74, 6) is -0.637. The molecule has 3 nitrogen and oxygen atoms in total. The van der Waals surface area contributed by atoms with Gasteiger partial charge in [0, 0.05) is 14.1 Å². The minimum absolute atomic E-state index is 0.101. The molecular formula is C12H17FN2O. The van der Waals surface area contributed by atoms with E-state index < -0.39 is 0 Å². The molecule has 1 N–H and O–H groups in total. The molecule has 1 aromatic rings. The van der Waals surface area contributed by atoms with Crippen molar-refractivity contribution in [2.45, 2.75) is 19.8 Å². The van der Waals surface area contributed by atoms with Gasteiger partial charge in [0.1, 0.15) is 5.82 Å². The van der Waals surface area contributed by atoms with Crippen molar-refractivity contribution in [3.63, 3.8) is 0 Å². The third-order valence-corrected chi connectivity index (χ3v) is 2.41. The summed E-state index contributed by atoms with van der Waals surface area (Å²) < 4.78 is 13.1. The first kappa shape index (κ1) is 12.6. The summed E-state index contributed by atoms with van der Waals surface area (Å²) in [6.45, 7) is 3.49. The number of benzene rings is 1. The Kier molecular flexibility index (Phi) is 4.01. The van der Waals surface area contributed by atoms with Crippen LogP contribution in [-0.2, 0) is 4.79 Å². The van der Waals surface area contributed by atoms with Crippen LogP contribution in [0, 0.1) is 12.7 Å². The summed E-state index contributed by atoms with van der Waals surface area (Å²) >= 11 is 0. The Balaban J connectivity index is 2.83. The van der Waals surface area contributed by atoms with Gasteiger partial charge in [0.05, 0.1) is 5.92 Å². The van der Waals surface area contributed by atoms with Crippen LogP contribution in [0.1, 0.15) is 24.0 Å². The quantitative estimate of drug-likeness (QED) is 0.794. The number of carbonyl (C=O) groups is 1. The zero-order valence-electron chi connectivity index (χ0n) is 10.0. The maximum absolute atomic E-state index is 13.1. The number of nitrogens with zero attached hydrogens (tertiary/aromatic N) is 1. The van der Waals surface area contributed by atoms with Gasteiger partial charge in [-0.2, -0.15) is 0 Å². The molecule has 0 heterocycles. The van der Waals surface area contributed by atoms with E-state index in [0.29, 0.717) is 5.56 Å². The third-order valence-electron chi connectivity index (χ3n) is 2.41. The number of rotatable bonds is 3. The van der Waals surface area contributed by atoms with Crippen LogP contribution >= 0.6 is 0 Å². The van der Waals surface area contributed by atoms with Crippen LogP contribution < -0.4 is 5.43 Å². The van der Waals surface area contributed by atoms with E-state index in [1.165, 1.54) is 6.07 Å². The summed E-state index contributed by atoms with van der Waals surface area (Å²) in [5.41, 5.74) is 4.05. The van der Waals surface area contributed by atoms with Crippen molar-refractivity contribution in [1.29, 1.82) is 0 Å². The van der Waals surface area contributed by atoms with Crippen LogP contribution in [0.2, 0.25) is 0 Å². The van der Waals surface area contributed by atoms with E-state index in [1.54, 1.807) is 45.1 Å². The summed E-state index contributed by atoms with van der Waals surface area (Å²) in [6, 6.07) is 4.74. The summed E-state index contributed by atoms with van der Waals surface area (Å²) in [6.07, 6.45) is 0. The van der Waals surface area contributed by atoms with E-state index in [-0.39, 0.29) is 17.6 Å². The highest BCUT2D eigenvalue weighted by Crippen LogP contribution is 2.18. The van der Waals surface area contributed by atoms with E-state index in [4.69, 9.17) is 0 Å². The van der Waals surface area contributed by atoms with Gasteiger partial charge in [-0.05, 0) is 31.0 Å². The Labute approximate surface area is 95.2 Å². The van der Waals surface area contributed by atoms with E-state index in [9.17, 15) is 9.18 Å². The van der Waals surface area contributed by atoms with Gasteiger partial charge in [0.2, 0.25) is 5.91 Å². The fourth-order valence-corrected chi connectivity index (χ4v) is 1.41. The molecule has 4 heteroatoms. The van der Waals surface area contributed by atoms with Gasteiger partial charge in [-0.15, -0.1) is 0 Å². The van der Waals surface area contributed by atoms with E-state index in [2.05, 4.69) is 5.43 Å². The molecule has 1 amide bonds. The Hall–Kier alpha value is -1.42. The van der Waals surface area contributed by atoms with Gasteiger partial charge < -0.3 is 0 Å². The maximum atomic E-state index is 13.1. The second-order valence-corrected chi connectivity index (χ2v) is 4.10. The largest absolute Gasteiger partial charge is 0.289 e. The van der Waals surface area contributed by atoms with Gasteiger partial charge in [0.15, 0.2) is 0 Å². The molecule has 0 aromatic heterocycles. The predicted molar refractivity (Wildman–Crippen MR) is 61.4 cm³/mol. The highest BCUT2D eigenvalue weighted by atomic mass is 19.1. The lowest BCUT2D eigenvalue weighted by molar-refractivity contribution is -0.125. The van der Waals surface area contributed by atoms with Crippen LogP contribution in [0.3, 0.4) is 0 Å². The lowest BCUT2D eigenvalue weighted by Gasteiger charge is -2.17. The van der Waals surface area contributed by atoms with Gasteiger partial charge in [-0.1, -0.05) is 12.1 Å². The van der Waals surface area contributed by atoms with Crippen LogP contribution in [-0.4, -0.2) is 25.0 Å². The molecule has 0 aliphatic rings. The van der Waals surface area contributed by atoms with Crippen LogP contribution in [0.5, 0.6) is 0 Å². The van der Waals surface area contributed by atoms with Gasteiger partial charge in [-0.25, -0.2) is 9.40 Å². The predicted octanol–water partition coefficient (Wildman–Crippen LogP) is 1.83. The molecule has 0 bridgehead atoms. The summed E-state index contributed by atoms with van der Waals surface area (Å²) in [4.78, 5) is 11.7. The van der Waals surface area contributed by atoms with E-state index in [1.807, 2.05) is 0 Å². The first-order valence-electron chi connectivity index (χ1n) is 5.15. The van der Waals surface area contributed by atoms with Gasteiger partial charge in [0.25, 0.3) is 0 Å². The Morgan fingerprint density at radius 1 is 1.44 bits per heavy atom. The molecule has 0 fully saturated rings. The Morgan fingerprint density at radius 2 is 2.06 bits per heavy atom. The number of hydrogen-bond donors (Lipinski definition) is 1. The van der Waals surface area contributed by atoms with E-state index >= 15 is 0 Å². The fourth-order valence-electron chi connectivity index (χ4n) is 1.41. The molecule has 0 radical (unpaired) electrons. The average Bonchev–Trinajstić information content (AvgIpc) is 2.20. The zero-order valence-corrected chi connectivity index (χ0v) is 10.0. The SMILES string of the molecule is Cc1cc(C(C)C(=O)NN(C)C)ccc1F. The highest BCUT2D eigenvalue weighted by molar-refractivity contribution is 5.82. The smallest absolute Gasteiger partial charge is 0.241 e. The number of aryl methyl sites for hydroxylation is 1. The monoisotopic (exact) mass is 224 g/mol. The van der Waals surface area contributed by atoms with E-state index in [0.717, 1.165) is 5.56 Å². The first-order valence-corrected chi connectivity index (χ1v) is 5.15. The standard InChI is InChI=1S/C12H17FN2O/c1-8-7-10(5-6-11(8)13)9(2)12(16)14-15(3)4/h5-7,9H,1-4H3,(H,14,16). The van der Waals surface area contributed by atoms with Crippen molar-refractivity contribution in [2.24, 2.45) is 0 Å². The zero-order chi connectivity index (χ0) is 12.3. The summed E-state index contributed by atoms with van der Waals surface area (Å²) in [5, 5.41) is 1.59. The van der Waals surface area contributed by atoms with Crippen molar-refractivity contribution in [3.05, 3.63) is 35.1 Å². The molecule has 1 unspecified atom stereocenters. The number of hydrogen-bond acceptors (Lipinski definition) is 2. The normalized spacial score (nSPS) is 12.6. The molecule has 0 aliphatic heterocycles. The van der Waals surface area contributed by atoms with Crippen LogP contribution in [0.15, 0.2) is 18.2 Å². The second-order valence-electron chi connectivity index (χ2n) is 4.10. The van der Waals surface area contributed by atoms with Gasteiger partial charge >= 0.3 is 0 Å². The van der Waals surface area contributed by atoms with Crippen molar-refractivity contribution < 1.29 is 9.18 Å². The Morgan fingerprint density at radius 3 is 2.56 bits per heavy atom. The average molecular weight is 224 g/mol. The molecule has 0 saturated heterocycles. The fraction of sp³-hybridized carbons (Fsp3) is 0.417. The number of carbonyl (C=O) groups excluding carboxylic acids is 1. The number of amides is 1. The molecule has 88 valence electrons. The molecule has 1 rings (SSSR count). The molecule has 0 aliphatic carbocycles. The third kappa shape index (κ3) is 3.03. The summed E-state index contributed by atoms with van der Waals surface area (Å²) in [7, 11) is 3.50. The number of halogens is 1. The Bertz CT molecular complexity index is 391. The minimum atomic E-state index is -0.290. The molecule has 0 saturated carbocycles. The van der Waals surface area contributed by atoms with Crippen LogP contribution in [0.4, 0.5) is 4.39 Å². The van der Waals surface area contributed by atoms with Crippen molar-refractivity contribution in [2.75, 3.05) is 14.1 Å². The molecular weight excluding hydrogens is 207 g/mol. The van der Waals surface area contributed by atoms with Crippen LogP contribution in [0.25, 0.3) is 0 Å². The number of nitrogens with one attached hydrogen (secondary N) is 1. The maximum Gasteiger partial charge on any atom is 0.241 e.